The predicted molar refractivity (Wildman–Crippen MR) is 66.5 cm³/mol. The van der Waals surface area contributed by atoms with Crippen molar-refractivity contribution in [1.29, 1.82) is 0 Å². The molecule has 2 N–H and O–H groups in total. The number of ether oxygens (including phenoxy) is 1. The zero-order valence-electron chi connectivity index (χ0n) is 10.9. The van der Waals surface area contributed by atoms with Crippen LogP contribution < -0.4 is 5.73 Å². The molecule has 0 aromatic carbocycles. The van der Waals surface area contributed by atoms with Gasteiger partial charge in [0.2, 0.25) is 0 Å². The van der Waals surface area contributed by atoms with Crippen LogP contribution in [0.4, 0.5) is 0 Å². The highest BCUT2D eigenvalue weighted by atomic mass is 16.5. The zero-order valence-corrected chi connectivity index (χ0v) is 10.9. The van der Waals surface area contributed by atoms with Crippen molar-refractivity contribution in [3.05, 3.63) is 0 Å². The molecule has 2 fully saturated rings. The lowest BCUT2D eigenvalue weighted by Gasteiger charge is -2.36. The minimum Gasteiger partial charge on any atom is -0.468 e. The minimum atomic E-state index is -0.769. The van der Waals surface area contributed by atoms with Crippen molar-refractivity contribution >= 4 is 5.97 Å². The van der Waals surface area contributed by atoms with Crippen LogP contribution in [0.1, 0.15) is 32.6 Å². The smallest absolute Gasteiger partial charge is 0.327 e. The summed E-state index contributed by atoms with van der Waals surface area (Å²) in [6.07, 6.45) is 4.55. The molecule has 2 aliphatic rings. The minimum absolute atomic E-state index is 0.237. The number of hydrogen-bond acceptors (Lipinski definition) is 4. The Hall–Kier alpha value is -0.610. The van der Waals surface area contributed by atoms with Gasteiger partial charge in [-0.1, -0.05) is 6.92 Å². The number of methoxy groups -OCH3 is 1. The van der Waals surface area contributed by atoms with Gasteiger partial charge in [-0.3, -0.25) is 4.79 Å². The molecule has 1 heterocycles. The van der Waals surface area contributed by atoms with Gasteiger partial charge in [0.15, 0.2) is 0 Å². The molecule has 1 atom stereocenters. The van der Waals surface area contributed by atoms with Gasteiger partial charge in [-0.25, -0.2) is 0 Å². The number of carbonyl (C=O) groups is 1. The van der Waals surface area contributed by atoms with Gasteiger partial charge >= 0.3 is 5.97 Å². The fourth-order valence-corrected chi connectivity index (χ4v) is 2.74. The van der Waals surface area contributed by atoms with Crippen molar-refractivity contribution in [2.75, 3.05) is 26.7 Å². The Morgan fingerprint density at radius 1 is 1.35 bits per heavy atom. The molecule has 1 aliphatic carbocycles. The van der Waals surface area contributed by atoms with E-state index >= 15 is 0 Å². The van der Waals surface area contributed by atoms with E-state index < -0.39 is 5.54 Å². The number of nitrogens with two attached hydrogens (primary N) is 1. The maximum Gasteiger partial charge on any atom is 0.327 e. The van der Waals surface area contributed by atoms with Gasteiger partial charge in [0.25, 0.3) is 0 Å². The van der Waals surface area contributed by atoms with E-state index in [1.165, 1.54) is 20.0 Å². The lowest BCUT2D eigenvalue weighted by molar-refractivity contribution is -0.149. The molecule has 0 aromatic rings. The summed E-state index contributed by atoms with van der Waals surface area (Å²) in [6, 6.07) is 0. The Morgan fingerprint density at radius 2 is 1.94 bits per heavy atom. The number of hydrogen-bond donors (Lipinski definition) is 1. The van der Waals surface area contributed by atoms with Crippen LogP contribution in [-0.2, 0) is 9.53 Å². The Labute approximate surface area is 103 Å². The Bertz CT molecular complexity index is 283. The highest BCUT2D eigenvalue weighted by Crippen LogP contribution is 2.39. The SMILES string of the molecule is COC(=O)C(N)(CN1CCC(C)CC1)C1CC1. The van der Waals surface area contributed by atoms with E-state index in [2.05, 4.69) is 11.8 Å². The van der Waals surface area contributed by atoms with Gasteiger partial charge in [-0.15, -0.1) is 0 Å². The van der Waals surface area contributed by atoms with Crippen molar-refractivity contribution in [2.24, 2.45) is 17.6 Å². The Morgan fingerprint density at radius 3 is 2.41 bits per heavy atom. The second-order valence-electron chi connectivity index (χ2n) is 5.76. The van der Waals surface area contributed by atoms with Crippen LogP contribution in [0.25, 0.3) is 0 Å². The molecule has 1 saturated carbocycles. The van der Waals surface area contributed by atoms with E-state index in [1.807, 2.05) is 0 Å². The average Bonchev–Trinajstić information content (AvgIpc) is 3.15. The van der Waals surface area contributed by atoms with Crippen molar-refractivity contribution in [3.63, 3.8) is 0 Å². The average molecular weight is 240 g/mol. The van der Waals surface area contributed by atoms with E-state index in [4.69, 9.17) is 10.5 Å². The van der Waals surface area contributed by atoms with E-state index in [9.17, 15) is 4.79 Å². The van der Waals surface area contributed by atoms with Crippen LogP contribution >= 0.6 is 0 Å². The molecule has 4 heteroatoms. The molecule has 1 unspecified atom stereocenters. The summed E-state index contributed by atoms with van der Waals surface area (Å²) in [5, 5.41) is 0. The van der Waals surface area contributed by atoms with Crippen LogP contribution in [0, 0.1) is 11.8 Å². The third kappa shape index (κ3) is 2.80. The maximum atomic E-state index is 11.9. The van der Waals surface area contributed by atoms with E-state index in [0.717, 1.165) is 31.8 Å². The molecule has 2 rings (SSSR count). The van der Waals surface area contributed by atoms with Crippen LogP contribution in [-0.4, -0.2) is 43.2 Å². The lowest BCUT2D eigenvalue weighted by Crippen LogP contribution is -2.59. The summed E-state index contributed by atoms with van der Waals surface area (Å²) < 4.78 is 4.89. The Kier molecular flexibility index (Phi) is 3.73. The van der Waals surface area contributed by atoms with Crippen LogP contribution in [0.15, 0.2) is 0 Å². The zero-order chi connectivity index (χ0) is 12.5. The maximum absolute atomic E-state index is 11.9. The predicted octanol–water partition coefficient (Wildman–Crippen LogP) is 0.999. The molecule has 0 bridgehead atoms. The molecule has 1 aliphatic heterocycles. The molecule has 98 valence electrons. The number of piperidine rings is 1. The van der Waals surface area contributed by atoms with Crippen LogP contribution in [0.5, 0.6) is 0 Å². The molecule has 1 saturated heterocycles. The second-order valence-corrected chi connectivity index (χ2v) is 5.76. The molecule has 0 amide bonds. The summed E-state index contributed by atoms with van der Waals surface area (Å²) in [4.78, 5) is 14.2. The first-order valence-corrected chi connectivity index (χ1v) is 6.66. The normalized spacial score (nSPS) is 26.5. The molecular weight excluding hydrogens is 216 g/mol. The topological polar surface area (TPSA) is 55.6 Å². The van der Waals surface area contributed by atoms with E-state index in [-0.39, 0.29) is 5.97 Å². The first-order valence-electron chi connectivity index (χ1n) is 6.66. The third-order valence-electron chi connectivity index (χ3n) is 4.23. The van der Waals surface area contributed by atoms with Gasteiger partial charge < -0.3 is 15.4 Å². The molecule has 17 heavy (non-hydrogen) atoms. The highest BCUT2D eigenvalue weighted by Gasteiger charge is 2.49. The van der Waals surface area contributed by atoms with Gasteiger partial charge in [0.1, 0.15) is 5.54 Å². The van der Waals surface area contributed by atoms with Crippen LogP contribution in [0.2, 0.25) is 0 Å². The molecule has 4 nitrogen and oxygen atoms in total. The van der Waals surface area contributed by atoms with Gasteiger partial charge in [-0.05, 0) is 50.6 Å². The fourth-order valence-electron chi connectivity index (χ4n) is 2.74. The van der Waals surface area contributed by atoms with Crippen molar-refractivity contribution in [3.8, 4) is 0 Å². The third-order valence-corrected chi connectivity index (χ3v) is 4.23. The van der Waals surface area contributed by atoms with Crippen molar-refractivity contribution in [2.45, 2.75) is 38.1 Å². The number of rotatable bonds is 4. The number of esters is 1. The summed E-state index contributed by atoms with van der Waals surface area (Å²) in [5.74, 6) is 0.894. The summed E-state index contributed by atoms with van der Waals surface area (Å²) in [5.41, 5.74) is 5.54. The molecule has 0 radical (unpaired) electrons. The van der Waals surface area contributed by atoms with E-state index in [1.54, 1.807) is 0 Å². The first-order chi connectivity index (χ1) is 8.06. The largest absolute Gasteiger partial charge is 0.468 e. The molecular formula is C13H24N2O2. The number of likely N-dealkylation sites (tertiary alicyclic amines) is 1. The first kappa shape index (κ1) is 12.8. The van der Waals surface area contributed by atoms with Gasteiger partial charge in [0.05, 0.1) is 7.11 Å². The molecule has 0 spiro atoms. The standard InChI is InChI=1S/C13H24N2O2/c1-10-5-7-15(8-6-10)9-13(14,11-3-4-11)12(16)17-2/h10-11H,3-9,14H2,1-2H3. The second kappa shape index (κ2) is 4.94. The van der Waals surface area contributed by atoms with Crippen LogP contribution in [0.3, 0.4) is 0 Å². The lowest BCUT2D eigenvalue weighted by atomic mass is 9.91. The monoisotopic (exact) mass is 240 g/mol. The molecule has 0 aromatic heterocycles. The quantitative estimate of drug-likeness (QED) is 0.745. The van der Waals surface area contributed by atoms with Gasteiger partial charge in [-0.2, -0.15) is 0 Å². The fraction of sp³-hybridized carbons (Fsp3) is 0.923. The van der Waals surface area contributed by atoms with Gasteiger partial charge in [0, 0.05) is 6.54 Å². The number of nitrogens with zero attached hydrogens (tertiary/aromatic N) is 1. The highest BCUT2D eigenvalue weighted by molar-refractivity contribution is 5.81. The summed E-state index contributed by atoms with van der Waals surface area (Å²) in [7, 11) is 1.44. The Balaban J connectivity index is 1.96. The van der Waals surface area contributed by atoms with Crippen molar-refractivity contribution < 1.29 is 9.53 Å². The van der Waals surface area contributed by atoms with E-state index in [0.29, 0.717) is 12.5 Å². The van der Waals surface area contributed by atoms with Crippen molar-refractivity contribution in [1.82, 2.24) is 4.90 Å². The number of carbonyl (C=O) groups excluding carboxylic acids is 1. The summed E-state index contributed by atoms with van der Waals surface area (Å²) >= 11 is 0. The summed E-state index contributed by atoms with van der Waals surface area (Å²) in [6.45, 7) is 5.07.